The number of hydrogen-bond donors (Lipinski definition) is 0. The number of rotatable bonds is 3. The molecule has 1 aliphatic rings. The molecule has 0 amide bonds. The van der Waals surface area contributed by atoms with Crippen LogP contribution in [-0.2, 0) is 0 Å². The molecule has 204 valence electrons. The van der Waals surface area contributed by atoms with Crippen molar-refractivity contribution in [1.29, 1.82) is 10.5 Å². The fraction of sp³-hybridized carbons (Fsp3) is 0.0800. The van der Waals surface area contributed by atoms with Crippen LogP contribution in [0.2, 0.25) is 0 Å². The fourth-order valence-electron chi connectivity index (χ4n) is 3.88. The van der Waals surface area contributed by atoms with Crippen LogP contribution in [-0.4, -0.2) is 0 Å². The van der Waals surface area contributed by atoms with Gasteiger partial charge in [0.2, 0.25) is 11.5 Å². The van der Waals surface area contributed by atoms with E-state index in [-0.39, 0.29) is 0 Å². The van der Waals surface area contributed by atoms with E-state index in [2.05, 4.69) is 14.5 Å². The smallest absolute Gasteiger partial charge is 0.262 e. The lowest BCUT2D eigenvalue weighted by molar-refractivity contribution is 0.376. The van der Waals surface area contributed by atoms with E-state index in [1.165, 1.54) is 0 Å². The highest BCUT2D eigenvalue weighted by atomic mass is 19.2. The molecule has 0 saturated heterocycles. The monoisotopic (exact) mass is 581 g/mol. The van der Waals surface area contributed by atoms with Gasteiger partial charge in [0.15, 0.2) is 46.5 Å². The Morgan fingerprint density at radius 2 is 1.17 bits per heavy atom. The standard InChI is InChI=1S/C25H2F11N5/c1-39-23(10-15(29)21(35)25(41-3)22(36)16(10)30)11-12(26)7(5-38)8(17(31)24(11)40-2)6(4-37)9-13(27)18(32)20(34)19(33)14(9)28/h11,23H/b8-6-. The minimum absolute atomic E-state index is 0.846. The van der Waals surface area contributed by atoms with E-state index in [1.54, 1.807) is 0 Å². The van der Waals surface area contributed by atoms with Crippen molar-refractivity contribution in [2.75, 3.05) is 0 Å². The summed E-state index contributed by atoms with van der Waals surface area (Å²) < 4.78 is 159. The Labute approximate surface area is 221 Å². The minimum atomic E-state index is -2.92. The van der Waals surface area contributed by atoms with Crippen LogP contribution in [0.4, 0.5) is 54.0 Å². The second kappa shape index (κ2) is 10.8. The van der Waals surface area contributed by atoms with Crippen molar-refractivity contribution >= 4 is 11.3 Å². The van der Waals surface area contributed by atoms with E-state index in [4.69, 9.17) is 19.7 Å². The number of nitriles is 2. The van der Waals surface area contributed by atoms with Gasteiger partial charge in [-0.25, -0.2) is 64.6 Å². The van der Waals surface area contributed by atoms with Gasteiger partial charge in [0.05, 0.1) is 29.9 Å². The van der Waals surface area contributed by atoms with Crippen molar-refractivity contribution in [2.45, 2.75) is 6.04 Å². The Morgan fingerprint density at radius 1 is 0.683 bits per heavy atom. The van der Waals surface area contributed by atoms with Crippen LogP contribution in [0.5, 0.6) is 0 Å². The van der Waals surface area contributed by atoms with Gasteiger partial charge in [-0.2, -0.15) is 10.5 Å². The molecule has 0 bridgehead atoms. The number of hydrogen-bond acceptors (Lipinski definition) is 2. The summed E-state index contributed by atoms with van der Waals surface area (Å²) in [7, 11) is 0. The first-order chi connectivity index (χ1) is 19.3. The van der Waals surface area contributed by atoms with Gasteiger partial charge in [-0.1, -0.05) is 0 Å². The molecule has 2 aromatic rings. The Morgan fingerprint density at radius 3 is 1.56 bits per heavy atom. The highest BCUT2D eigenvalue weighted by Gasteiger charge is 2.49. The summed E-state index contributed by atoms with van der Waals surface area (Å²) in [5.41, 5.74) is -13.2. The molecule has 0 radical (unpaired) electrons. The maximum atomic E-state index is 15.7. The van der Waals surface area contributed by atoms with E-state index in [9.17, 15) is 50.0 Å². The van der Waals surface area contributed by atoms with Gasteiger partial charge < -0.3 is 4.85 Å². The van der Waals surface area contributed by atoms with E-state index in [1.807, 2.05) is 0 Å². The Hall–Kier alpha value is -5.66. The number of benzene rings is 2. The maximum absolute atomic E-state index is 15.7. The summed E-state index contributed by atoms with van der Waals surface area (Å²) in [4.78, 5) is 7.35. The van der Waals surface area contributed by atoms with Gasteiger partial charge in [0, 0.05) is 5.57 Å². The van der Waals surface area contributed by atoms with Crippen LogP contribution in [0.25, 0.3) is 20.1 Å². The lowest BCUT2D eigenvalue weighted by atomic mass is 9.79. The highest BCUT2D eigenvalue weighted by Crippen LogP contribution is 2.51. The molecule has 1 aliphatic carbocycles. The molecule has 0 spiro atoms. The van der Waals surface area contributed by atoms with E-state index >= 15 is 8.78 Å². The molecule has 2 atom stereocenters. The molecular formula is C25H2F11N5. The normalized spacial score (nSPS) is 16.8. The molecule has 16 heteroatoms. The third-order valence-electron chi connectivity index (χ3n) is 5.69. The van der Waals surface area contributed by atoms with Crippen molar-refractivity contribution < 1.29 is 48.3 Å². The second-order valence-electron chi connectivity index (χ2n) is 7.63. The number of allylic oxidation sites excluding steroid dienone is 4. The van der Waals surface area contributed by atoms with E-state index in [0.29, 0.717) is 0 Å². The zero-order valence-corrected chi connectivity index (χ0v) is 19.0. The summed E-state index contributed by atoms with van der Waals surface area (Å²) in [5, 5.41) is 18.9. The summed E-state index contributed by atoms with van der Waals surface area (Å²) in [6, 6.07) is -1.16. The van der Waals surface area contributed by atoms with Crippen LogP contribution >= 0.6 is 0 Å². The SMILES string of the molecule is [C-]#[N+]C1=C(F)/C(=C(/C#N)c2c(F)c(F)c(F)c(F)c2F)C(C#N)=C(F)C1C([N+]#[C-])c1c(F)c(F)c([N+]#[C-])c(F)c1F. The van der Waals surface area contributed by atoms with Crippen molar-refractivity contribution in [2.24, 2.45) is 5.92 Å². The molecular weight excluding hydrogens is 579 g/mol. The summed E-state index contributed by atoms with van der Waals surface area (Å²) >= 11 is 0. The topological polar surface area (TPSA) is 60.7 Å². The van der Waals surface area contributed by atoms with Crippen molar-refractivity contribution in [3.63, 3.8) is 0 Å². The highest BCUT2D eigenvalue weighted by molar-refractivity contribution is 5.88. The Kier molecular flexibility index (Phi) is 7.90. The fourth-order valence-corrected chi connectivity index (χ4v) is 3.88. The first-order valence-electron chi connectivity index (χ1n) is 10.1. The molecule has 41 heavy (non-hydrogen) atoms. The molecule has 0 heterocycles. The van der Waals surface area contributed by atoms with Crippen LogP contribution in [0.3, 0.4) is 0 Å². The van der Waals surface area contributed by atoms with Crippen LogP contribution in [0.15, 0.2) is 28.5 Å². The quantitative estimate of drug-likeness (QED) is 0.122. The predicted octanol–water partition coefficient (Wildman–Crippen LogP) is 7.90. The van der Waals surface area contributed by atoms with Gasteiger partial charge in [-0.3, -0.25) is 0 Å². The average Bonchev–Trinajstić information content (AvgIpc) is 2.96. The van der Waals surface area contributed by atoms with Gasteiger partial charge in [-0.15, -0.1) is 0 Å². The molecule has 2 unspecified atom stereocenters. The first-order valence-corrected chi connectivity index (χ1v) is 10.1. The zero-order valence-electron chi connectivity index (χ0n) is 19.0. The molecule has 0 aromatic heterocycles. The lowest BCUT2D eigenvalue weighted by Gasteiger charge is -2.25. The largest absolute Gasteiger partial charge is 0.308 e. The van der Waals surface area contributed by atoms with E-state index in [0.717, 1.165) is 12.1 Å². The maximum Gasteiger partial charge on any atom is 0.262 e. The Bertz CT molecular complexity index is 1810. The van der Waals surface area contributed by atoms with E-state index < -0.39 is 115 Å². The van der Waals surface area contributed by atoms with Crippen molar-refractivity contribution in [3.05, 3.63) is 126 Å². The van der Waals surface area contributed by atoms with Gasteiger partial charge in [0.25, 0.3) is 11.7 Å². The predicted molar refractivity (Wildman–Crippen MR) is 113 cm³/mol. The molecule has 2 aromatic carbocycles. The molecule has 0 fully saturated rings. The molecule has 3 rings (SSSR count). The number of nitrogens with zero attached hydrogens (tertiary/aromatic N) is 5. The van der Waals surface area contributed by atoms with Gasteiger partial charge in [0.1, 0.15) is 35.3 Å². The van der Waals surface area contributed by atoms with Crippen molar-refractivity contribution in [3.8, 4) is 12.1 Å². The summed E-state index contributed by atoms with van der Waals surface area (Å²) in [6.07, 6.45) is 0. The third-order valence-corrected chi connectivity index (χ3v) is 5.69. The summed E-state index contributed by atoms with van der Waals surface area (Å²) in [5.74, 6) is -30.4. The van der Waals surface area contributed by atoms with Crippen molar-refractivity contribution in [1.82, 2.24) is 0 Å². The number of halogens is 11. The second-order valence-corrected chi connectivity index (χ2v) is 7.63. The van der Waals surface area contributed by atoms with Gasteiger partial charge in [-0.05, 0) is 0 Å². The van der Waals surface area contributed by atoms with Crippen LogP contribution in [0, 0.1) is 101 Å². The summed E-state index contributed by atoms with van der Waals surface area (Å²) in [6.45, 7) is 21.0. The molecule has 0 N–H and O–H groups in total. The average molecular weight is 581 g/mol. The third kappa shape index (κ3) is 4.21. The van der Waals surface area contributed by atoms with Gasteiger partial charge >= 0.3 is 0 Å². The molecule has 5 nitrogen and oxygen atoms in total. The molecule has 0 aliphatic heterocycles. The molecule has 0 saturated carbocycles. The lowest BCUT2D eigenvalue weighted by Crippen LogP contribution is -2.22. The minimum Gasteiger partial charge on any atom is -0.308 e. The van der Waals surface area contributed by atoms with Crippen LogP contribution < -0.4 is 0 Å². The first kappa shape index (κ1) is 29.9. The van der Waals surface area contributed by atoms with Crippen LogP contribution in [0.1, 0.15) is 17.2 Å². The zero-order chi connectivity index (χ0) is 31.1. The Balaban J connectivity index is 2.51.